The molecule has 0 unspecified atom stereocenters. The Balaban J connectivity index is 2.07. The third-order valence-electron chi connectivity index (χ3n) is 4.45. The quantitative estimate of drug-likeness (QED) is 0.917. The Kier molecular flexibility index (Phi) is 4.81. The second-order valence-corrected chi connectivity index (χ2v) is 6.02. The highest BCUT2D eigenvalue weighted by molar-refractivity contribution is 5.94. The summed E-state index contributed by atoms with van der Waals surface area (Å²) in [6.07, 6.45) is 3.73. The van der Waals surface area contributed by atoms with Crippen LogP contribution in [0, 0.1) is 27.7 Å². The number of piperidine rings is 1. The molecule has 0 aromatic heterocycles. The molecule has 0 radical (unpaired) electrons. The smallest absolute Gasteiger partial charge is 0.238 e. The van der Waals surface area contributed by atoms with Gasteiger partial charge in [0.1, 0.15) is 0 Å². The van der Waals surface area contributed by atoms with E-state index < -0.39 is 0 Å². The summed E-state index contributed by atoms with van der Waals surface area (Å²) in [5.41, 5.74) is 5.84. The molecule has 1 heterocycles. The van der Waals surface area contributed by atoms with Gasteiger partial charge in [-0.1, -0.05) is 12.5 Å². The first-order valence-electron chi connectivity index (χ1n) is 7.58. The molecular formula is C17H26N2O. The van der Waals surface area contributed by atoms with E-state index in [9.17, 15) is 4.79 Å². The van der Waals surface area contributed by atoms with Crippen molar-refractivity contribution in [1.29, 1.82) is 0 Å². The van der Waals surface area contributed by atoms with E-state index in [0.29, 0.717) is 6.54 Å². The van der Waals surface area contributed by atoms with Crippen molar-refractivity contribution >= 4 is 11.6 Å². The minimum atomic E-state index is 0.114. The highest BCUT2D eigenvalue weighted by Gasteiger charge is 2.16. The van der Waals surface area contributed by atoms with Gasteiger partial charge in [-0.3, -0.25) is 9.69 Å². The molecular weight excluding hydrogens is 248 g/mol. The van der Waals surface area contributed by atoms with Crippen molar-refractivity contribution in [2.75, 3.05) is 25.0 Å². The van der Waals surface area contributed by atoms with E-state index in [1.165, 1.54) is 41.5 Å². The van der Waals surface area contributed by atoms with Crippen LogP contribution in [0.1, 0.15) is 41.5 Å². The molecule has 3 heteroatoms. The van der Waals surface area contributed by atoms with E-state index in [1.807, 2.05) is 0 Å². The maximum absolute atomic E-state index is 12.3. The number of likely N-dealkylation sites (tertiary alicyclic amines) is 1. The minimum Gasteiger partial charge on any atom is -0.324 e. The first-order chi connectivity index (χ1) is 9.49. The summed E-state index contributed by atoms with van der Waals surface area (Å²) in [6, 6.07) is 2.19. The molecule has 1 amide bonds. The van der Waals surface area contributed by atoms with Gasteiger partial charge in [-0.15, -0.1) is 0 Å². The molecule has 1 N–H and O–H groups in total. The van der Waals surface area contributed by atoms with Crippen molar-refractivity contribution in [1.82, 2.24) is 4.90 Å². The second-order valence-electron chi connectivity index (χ2n) is 6.02. The number of aryl methyl sites for hydroxylation is 2. The van der Waals surface area contributed by atoms with Gasteiger partial charge in [-0.2, -0.15) is 0 Å². The third-order valence-corrected chi connectivity index (χ3v) is 4.45. The van der Waals surface area contributed by atoms with Crippen LogP contribution in [0.15, 0.2) is 6.07 Å². The summed E-state index contributed by atoms with van der Waals surface area (Å²) < 4.78 is 0. The van der Waals surface area contributed by atoms with Gasteiger partial charge < -0.3 is 5.32 Å². The molecule has 2 rings (SSSR count). The van der Waals surface area contributed by atoms with Gasteiger partial charge in [0.15, 0.2) is 0 Å². The molecule has 0 saturated carbocycles. The lowest BCUT2D eigenvalue weighted by molar-refractivity contribution is -0.117. The van der Waals surface area contributed by atoms with Gasteiger partial charge in [-0.05, 0) is 75.9 Å². The van der Waals surface area contributed by atoms with E-state index in [4.69, 9.17) is 0 Å². The first-order valence-corrected chi connectivity index (χ1v) is 7.58. The standard InChI is InChI=1S/C17H26N2O/c1-12-10-13(2)15(4)17(14(12)3)18-16(20)11-19-8-6-5-7-9-19/h10H,5-9,11H2,1-4H3,(H,18,20). The number of hydrogen-bond acceptors (Lipinski definition) is 2. The highest BCUT2D eigenvalue weighted by atomic mass is 16.2. The maximum Gasteiger partial charge on any atom is 0.238 e. The van der Waals surface area contributed by atoms with Gasteiger partial charge >= 0.3 is 0 Å². The molecule has 1 aliphatic rings. The fourth-order valence-electron chi connectivity index (χ4n) is 2.90. The molecule has 3 nitrogen and oxygen atoms in total. The number of carbonyl (C=O) groups excluding carboxylic acids is 1. The van der Waals surface area contributed by atoms with Crippen molar-refractivity contribution in [3.8, 4) is 0 Å². The van der Waals surface area contributed by atoms with Crippen LogP contribution in [0.2, 0.25) is 0 Å². The molecule has 1 aromatic rings. The van der Waals surface area contributed by atoms with Crippen molar-refractivity contribution < 1.29 is 4.79 Å². The zero-order valence-electron chi connectivity index (χ0n) is 13.2. The summed E-state index contributed by atoms with van der Waals surface area (Å²) in [4.78, 5) is 14.5. The van der Waals surface area contributed by atoms with Gasteiger partial charge in [0.2, 0.25) is 5.91 Å². The van der Waals surface area contributed by atoms with Gasteiger partial charge in [0.05, 0.1) is 6.54 Å². The van der Waals surface area contributed by atoms with Gasteiger partial charge in [-0.25, -0.2) is 0 Å². The third kappa shape index (κ3) is 3.40. The van der Waals surface area contributed by atoms with Crippen LogP contribution < -0.4 is 5.32 Å². The number of benzene rings is 1. The Bertz CT molecular complexity index is 476. The Morgan fingerprint density at radius 2 is 1.60 bits per heavy atom. The largest absolute Gasteiger partial charge is 0.324 e. The molecule has 1 aromatic carbocycles. The van der Waals surface area contributed by atoms with Crippen LogP contribution in [0.3, 0.4) is 0 Å². The van der Waals surface area contributed by atoms with E-state index in [2.05, 4.69) is 44.0 Å². The zero-order valence-corrected chi connectivity index (χ0v) is 13.2. The highest BCUT2D eigenvalue weighted by Crippen LogP contribution is 2.26. The molecule has 0 bridgehead atoms. The molecule has 0 atom stereocenters. The van der Waals surface area contributed by atoms with Crippen LogP contribution in [0.25, 0.3) is 0 Å². The summed E-state index contributed by atoms with van der Waals surface area (Å²) in [5, 5.41) is 3.13. The fraction of sp³-hybridized carbons (Fsp3) is 0.588. The lowest BCUT2D eigenvalue weighted by Crippen LogP contribution is -2.37. The van der Waals surface area contributed by atoms with Crippen molar-refractivity contribution in [3.05, 3.63) is 28.3 Å². The zero-order chi connectivity index (χ0) is 14.7. The molecule has 1 aliphatic heterocycles. The van der Waals surface area contributed by atoms with Crippen LogP contribution in [0.5, 0.6) is 0 Å². The first kappa shape index (κ1) is 15.0. The summed E-state index contributed by atoms with van der Waals surface area (Å²) in [6.45, 7) is 11.0. The Morgan fingerprint density at radius 3 is 2.15 bits per heavy atom. The van der Waals surface area contributed by atoms with E-state index in [0.717, 1.165) is 18.8 Å². The number of rotatable bonds is 3. The predicted molar refractivity (Wildman–Crippen MR) is 84.3 cm³/mol. The molecule has 110 valence electrons. The Morgan fingerprint density at radius 1 is 1.05 bits per heavy atom. The van der Waals surface area contributed by atoms with Crippen LogP contribution in [-0.2, 0) is 4.79 Å². The van der Waals surface area contributed by atoms with Crippen molar-refractivity contribution in [2.24, 2.45) is 0 Å². The van der Waals surface area contributed by atoms with E-state index in [1.54, 1.807) is 0 Å². The lowest BCUT2D eigenvalue weighted by atomic mass is 9.98. The average molecular weight is 274 g/mol. The monoisotopic (exact) mass is 274 g/mol. The van der Waals surface area contributed by atoms with Crippen LogP contribution in [-0.4, -0.2) is 30.4 Å². The summed E-state index contributed by atoms with van der Waals surface area (Å²) in [5.74, 6) is 0.114. The van der Waals surface area contributed by atoms with Crippen LogP contribution in [0.4, 0.5) is 5.69 Å². The lowest BCUT2D eigenvalue weighted by Gasteiger charge is -2.26. The fourth-order valence-corrected chi connectivity index (χ4v) is 2.90. The normalized spacial score (nSPS) is 16.2. The summed E-state index contributed by atoms with van der Waals surface area (Å²) >= 11 is 0. The van der Waals surface area contributed by atoms with Crippen molar-refractivity contribution in [2.45, 2.75) is 47.0 Å². The second kappa shape index (κ2) is 6.40. The number of nitrogens with zero attached hydrogens (tertiary/aromatic N) is 1. The SMILES string of the molecule is Cc1cc(C)c(C)c(NC(=O)CN2CCCCC2)c1C. The average Bonchev–Trinajstić information content (AvgIpc) is 2.42. The van der Waals surface area contributed by atoms with Gasteiger partial charge in [0, 0.05) is 5.69 Å². The summed E-state index contributed by atoms with van der Waals surface area (Å²) in [7, 11) is 0. The molecule has 1 fully saturated rings. The molecule has 20 heavy (non-hydrogen) atoms. The van der Waals surface area contributed by atoms with E-state index in [-0.39, 0.29) is 5.91 Å². The Labute approximate surface area is 122 Å². The molecule has 0 aliphatic carbocycles. The number of amides is 1. The number of anilines is 1. The van der Waals surface area contributed by atoms with Gasteiger partial charge in [0.25, 0.3) is 0 Å². The Hall–Kier alpha value is -1.35. The number of hydrogen-bond donors (Lipinski definition) is 1. The molecule has 1 saturated heterocycles. The number of nitrogens with one attached hydrogen (secondary N) is 1. The molecule has 0 spiro atoms. The number of carbonyl (C=O) groups is 1. The van der Waals surface area contributed by atoms with E-state index >= 15 is 0 Å². The topological polar surface area (TPSA) is 32.3 Å². The predicted octanol–water partition coefficient (Wildman–Crippen LogP) is 3.34. The maximum atomic E-state index is 12.3. The minimum absolute atomic E-state index is 0.114. The van der Waals surface area contributed by atoms with Crippen molar-refractivity contribution in [3.63, 3.8) is 0 Å². The van der Waals surface area contributed by atoms with Crippen LogP contribution >= 0.6 is 0 Å².